The van der Waals surface area contributed by atoms with Gasteiger partial charge in [0.15, 0.2) is 6.61 Å². The molecule has 0 radical (unpaired) electrons. The highest BCUT2D eigenvalue weighted by Gasteiger charge is 2.13. The van der Waals surface area contributed by atoms with Gasteiger partial charge in [-0.05, 0) is 49.7 Å². The number of carbonyl (C=O) groups is 1. The lowest BCUT2D eigenvalue weighted by atomic mass is 10.1. The molecule has 0 fully saturated rings. The predicted octanol–water partition coefficient (Wildman–Crippen LogP) is 1.79. The van der Waals surface area contributed by atoms with E-state index < -0.39 is 10.0 Å². The summed E-state index contributed by atoms with van der Waals surface area (Å²) in [6, 6.07) is 11.8. The van der Waals surface area contributed by atoms with E-state index in [9.17, 15) is 13.2 Å². The van der Waals surface area contributed by atoms with E-state index in [1.807, 2.05) is 32.0 Å². The normalized spacial score (nSPS) is 11.1. The van der Waals surface area contributed by atoms with Crippen LogP contribution in [0.15, 0.2) is 47.4 Å². The quantitative estimate of drug-likeness (QED) is 0.635. The second kappa shape index (κ2) is 9.38. The highest BCUT2D eigenvalue weighted by molar-refractivity contribution is 7.89. The number of methoxy groups -OCH3 is 1. The van der Waals surface area contributed by atoms with Crippen molar-refractivity contribution in [2.45, 2.75) is 18.7 Å². The third kappa shape index (κ3) is 6.26. The Balaban J connectivity index is 1.74. The average molecular weight is 392 g/mol. The first-order valence-corrected chi connectivity index (χ1v) is 9.90. The number of aryl methyl sites for hydroxylation is 2. The van der Waals surface area contributed by atoms with Crippen molar-refractivity contribution in [2.75, 3.05) is 26.8 Å². The molecular weight excluding hydrogens is 368 g/mol. The number of carbonyl (C=O) groups excluding carboxylic acids is 1. The molecule has 0 unspecified atom stereocenters. The standard InChI is InChI=1S/C19H24N2O5S/c1-14-4-9-18(15(2)12-14)26-13-19(22)20-10-11-21-27(23,24)17-7-5-16(25-3)6-8-17/h4-9,12,21H,10-11,13H2,1-3H3,(H,20,22). The van der Waals surface area contributed by atoms with Gasteiger partial charge >= 0.3 is 0 Å². The molecule has 0 aliphatic rings. The van der Waals surface area contributed by atoms with Gasteiger partial charge in [-0.25, -0.2) is 13.1 Å². The zero-order valence-electron chi connectivity index (χ0n) is 15.6. The minimum atomic E-state index is -3.64. The van der Waals surface area contributed by atoms with Crippen LogP contribution in [0.2, 0.25) is 0 Å². The van der Waals surface area contributed by atoms with E-state index in [4.69, 9.17) is 9.47 Å². The molecule has 8 heteroatoms. The van der Waals surface area contributed by atoms with Crippen LogP contribution in [0.1, 0.15) is 11.1 Å². The molecule has 2 aromatic rings. The van der Waals surface area contributed by atoms with Crippen molar-refractivity contribution >= 4 is 15.9 Å². The second-order valence-corrected chi connectivity index (χ2v) is 7.75. The first-order valence-electron chi connectivity index (χ1n) is 8.42. The van der Waals surface area contributed by atoms with Crippen LogP contribution in [-0.4, -0.2) is 41.1 Å². The summed E-state index contributed by atoms with van der Waals surface area (Å²) >= 11 is 0. The molecule has 0 saturated carbocycles. The molecule has 0 saturated heterocycles. The average Bonchev–Trinajstić information content (AvgIpc) is 2.64. The van der Waals surface area contributed by atoms with Gasteiger partial charge in [-0.3, -0.25) is 4.79 Å². The van der Waals surface area contributed by atoms with E-state index in [0.717, 1.165) is 11.1 Å². The van der Waals surface area contributed by atoms with Gasteiger partial charge in [0.2, 0.25) is 10.0 Å². The summed E-state index contributed by atoms with van der Waals surface area (Å²) < 4.78 is 37.2. The van der Waals surface area contributed by atoms with Gasteiger partial charge in [0, 0.05) is 13.1 Å². The molecule has 0 aromatic heterocycles. The maximum atomic E-state index is 12.2. The van der Waals surface area contributed by atoms with Crippen LogP contribution < -0.4 is 19.5 Å². The Labute approximate surface area is 159 Å². The Morgan fingerprint density at radius 2 is 1.74 bits per heavy atom. The summed E-state index contributed by atoms with van der Waals surface area (Å²) in [5.41, 5.74) is 2.07. The van der Waals surface area contributed by atoms with Crippen LogP contribution in [0.3, 0.4) is 0 Å². The van der Waals surface area contributed by atoms with Crippen LogP contribution in [0.25, 0.3) is 0 Å². The lowest BCUT2D eigenvalue weighted by Gasteiger charge is -2.11. The maximum absolute atomic E-state index is 12.2. The third-order valence-electron chi connectivity index (χ3n) is 3.80. The number of hydrogen-bond donors (Lipinski definition) is 2. The van der Waals surface area contributed by atoms with Crippen molar-refractivity contribution in [1.82, 2.24) is 10.0 Å². The molecule has 0 spiro atoms. The fourth-order valence-electron chi connectivity index (χ4n) is 2.38. The lowest BCUT2D eigenvalue weighted by molar-refractivity contribution is -0.123. The Kier molecular flexibility index (Phi) is 7.20. The summed E-state index contributed by atoms with van der Waals surface area (Å²) in [7, 11) is -2.13. The lowest BCUT2D eigenvalue weighted by Crippen LogP contribution is -2.36. The minimum Gasteiger partial charge on any atom is -0.497 e. The van der Waals surface area contributed by atoms with E-state index in [1.54, 1.807) is 12.1 Å². The zero-order chi connectivity index (χ0) is 19.9. The predicted molar refractivity (Wildman–Crippen MR) is 103 cm³/mol. The monoisotopic (exact) mass is 392 g/mol. The van der Waals surface area contributed by atoms with Crippen LogP contribution in [-0.2, 0) is 14.8 Å². The van der Waals surface area contributed by atoms with Crippen LogP contribution in [0, 0.1) is 13.8 Å². The molecule has 1 amide bonds. The fraction of sp³-hybridized carbons (Fsp3) is 0.316. The van der Waals surface area contributed by atoms with Crippen molar-refractivity contribution in [3.8, 4) is 11.5 Å². The largest absolute Gasteiger partial charge is 0.497 e. The Morgan fingerprint density at radius 1 is 1.04 bits per heavy atom. The van der Waals surface area contributed by atoms with E-state index >= 15 is 0 Å². The summed E-state index contributed by atoms with van der Waals surface area (Å²) in [6.07, 6.45) is 0. The maximum Gasteiger partial charge on any atom is 0.257 e. The number of amides is 1. The van der Waals surface area contributed by atoms with E-state index in [-0.39, 0.29) is 30.5 Å². The SMILES string of the molecule is COc1ccc(S(=O)(=O)NCCNC(=O)COc2ccc(C)cc2C)cc1. The smallest absolute Gasteiger partial charge is 0.257 e. The molecule has 27 heavy (non-hydrogen) atoms. The van der Waals surface area contributed by atoms with Crippen molar-refractivity contribution in [3.05, 3.63) is 53.6 Å². The highest BCUT2D eigenvalue weighted by Crippen LogP contribution is 2.18. The van der Waals surface area contributed by atoms with Crippen LogP contribution >= 0.6 is 0 Å². The molecule has 0 bridgehead atoms. The van der Waals surface area contributed by atoms with E-state index in [2.05, 4.69) is 10.0 Å². The molecule has 0 heterocycles. The number of sulfonamides is 1. The summed E-state index contributed by atoms with van der Waals surface area (Å²) in [5.74, 6) is 0.902. The molecule has 0 atom stereocenters. The first-order chi connectivity index (χ1) is 12.8. The van der Waals surface area contributed by atoms with Crippen molar-refractivity contribution < 1.29 is 22.7 Å². The molecule has 0 aliphatic carbocycles. The molecule has 2 aromatic carbocycles. The topological polar surface area (TPSA) is 93.7 Å². The minimum absolute atomic E-state index is 0.0731. The number of rotatable bonds is 9. The third-order valence-corrected chi connectivity index (χ3v) is 5.28. The number of hydrogen-bond acceptors (Lipinski definition) is 5. The molecule has 2 N–H and O–H groups in total. The Hall–Kier alpha value is -2.58. The zero-order valence-corrected chi connectivity index (χ0v) is 16.4. The molecule has 7 nitrogen and oxygen atoms in total. The van der Waals surface area contributed by atoms with Crippen LogP contribution in [0.5, 0.6) is 11.5 Å². The van der Waals surface area contributed by atoms with Gasteiger partial charge in [-0.2, -0.15) is 0 Å². The molecule has 146 valence electrons. The van der Waals surface area contributed by atoms with Gasteiger partial charge < -0.3 is 14.8 Å². The van der Waals surface area contributed by atoms with E-state index in [0.29, 0.717) is 11.5 Å². The van der Waals surface area contributed by atoms with Crippen molar-refractivity contribution in [1.29, 1.82) is 0 Å². The van der Waals surface area contributed by atoms with Gasteiger partial charge in [0.1, 0.15) is 11.5 Å². The Morgan fingerprint density at radius 3 is 2.37 bits per heavy atom. The molecule has 2 rings (SSSR count). The second-order valence-electron chi connectivity index (χ2n) is 5.98. The van der Waals surface area contributed by atoms with Crippen molar-refractivity contribution in [3.63, 3.8) is 0 Å². The summed E-state index contributed by atoms with van der Waals surface area (Å²) in [4.78, 5) is 12.0. The Bertz CT molecular complexity index is 879. The van der Waals surface area contributed by atoms with Crippen molar-refractivity contribution in [2.24, 2.45) is 0 Å². The van der Waals surface area contributed by atoms with Gasteiger partial charge in [-0.15, -0.1) is 0 Å². The highest BCUT2D eigenvalue weighted by atomic mass is 32.2. The molecular formula is C19H24N2O5S. The number of nitrogens with one attached hydrogen (secondary N) is 2. The number of ether oxygens (including phenoxy) is 2. The van der Waals surface area contributed by atoms with Gasteiger partial charge in [0.25, 0.3) is 5.91 Å². The van der Waals surface area contributed by atoms with Crippen LogP contribution in [0.4, 0.5) is 0 Å². The summed E-state index contributed by atoms with van der Waals surface area (Å²) in [5, 5.41) is 2.62. The fourth-order valence-corrected chi connectivity index (χ4v) is 3.41. The summed E-state index contributed by atoms with van der Waals surface area (Å²) in [6.45, 7) is 3.99. The first kappa shape index (κ1) is 20.7. The molecule has 0 aliphatic heterocycles. The van der Waals surface area contributed by atoms with Gasteiger partial charge in [-0.1, -0.05) is 17.7 Å². The number of benzene rings is 2. The van der Waals surface area contributed by atoms with Gasteiger partial charge in [0.05, 0.1) is 12.0 Å². The van der Waals surface area contributed by atoms with E-state index in [1.165, 1.54) is 19.2 Å².